The third kappa shape index (κ3) is 3.61. The van der Waals surface area contributed by atoms with Crippen LogP contribution in [0.15, 0.2) is 24.5 Å². The highest BCUT2D eigenvalue weighted by atomic mass is 32.1. The molecule has 0 bridgehead atoms. The number of nitrogens with one attached hydrogen (secondary N) is 1. The van der Waals surface area contributed by atoms with Crippen LogP contribution in [0.2, 0.25) is 0 Å². The Hall–Kier alpha value is -2.15. The van der Waals surface area contributed by atoms with Crippen LogP contribution < -0.4 is 15.0 Å². The third-order valence-corrected chi connectivity index (χ3v) is 4.87. The van der Waals surface area contributed by atoms with E-state index < -0.39 is 0 Å². The lowest BCUT2D eigenvalue weighted by Crippen LogP contribution is -2.48. The zero-order valence-electron chi connectivity index (χ0n) is 13.3. The van der Waals surface area contributed by atoms with Crippen LogP contribution >= 0.6 is 11.3 Å². The van der Waals surface area contributed by atoms with Crippen molar-refractivity contribution < 1.29 is 9.53 Å². The van der Waals surface area contributed by atoms with Gasteiger partial charge in [-0.1, -0.05) is 0 Å². The molecule has 122 valence electrons. The van der Waals surface area contributed by atoms with Gasteiger partial charge < -0.3 is 15.0 Å². The van der Waals surface area contributed by atoms with Crippen LogP contribution in [0.4, 0.5) is 5.95 Å². The molecule has 6 nitrogen and oxygen atoms in total. The van der Waals surface area contributed by atoms with Gasteiger partial charge in [-0.05, 0) is 31.9 Å². The van der Waals surface area contributed by atoms with Gasteiger partial charge in [-0.3, -0.25) is 4.79 Å². The Morgan fingerprint density at radius 3 is 2.96 bits per heavy atom. The van der Waals surface area contributed by atoms with E-state index in [1.807, 2.05) is 13.0 Å². The van der Waals surface area contributed by atoms with Gasteiger partial charge in [0.2, 0.25) is 5.95 Å². The molecule has 2 aromatic rings. The summed E-state index contributed by atoms with van der Waals surface area (Å²) in [5.41, 5.74) is 0. The molecule has 0 aliphatic carbocycles. The van der Waals surface area contributed by atoms with Crippen LogP contribution in [0, 0.1) is 6.92 Å². The molecule has 3 heterocycles. The molecule has 1 atom stereocenters. The fourth-order valence-corrected chi connectivity index (χ4v) is 3.67. The van der Waals surface area contributed by atoms with Crippen molar-refractivity contribution in [3.05, 3.63) is 34.3 Å². The second-order valence-corrected chi connectivity index (χ2v) is 6.82. The third-order valence-electron chi connectivity index (χ3n) is 3.84. The fraction of sp³-hybridized carbons (Fsp3) is 0.438. The number of piperidine rings is 1. The number of ether oxygens (including phenoxy) is 1. The lowest BCUT2D eigenvalue weighted by molar-refractivity contribution is 0.0934. The van der Waals surface area contributed by atoms with E-state index in [-0.39, 0.29) is 11.9 Å². The van der Waals surface area contributed by atoms with Gasteiger partial charge in [-0.15, -0.1) is 11.3 Å². The summed E-state index contributed by atoms with van der Waals surface area (Å²) in [4.78, 5) is 24.9. The number of aryl methyl sites for hydroxylation is 1. The van der Waals surface area contributed by atoms with E-state index in [0.717, 1.165) is 36.8 Å². The van der Waals surface area contributed by atoms with Crippen molar-refractivity contribution >= 4 is 23.2 Å². The number of aromatic nitrogens is 2. The Bertz CT molecular complexity index is 674. The Balaban J connectivity index is 1.66. The first kappa shape index (κ1) is 15.7. The van der Waals surface area contributed by atoms with E-state index in [0.29, 0.717) is 10.6 Å². The van der Waals surface area contributed by atoms with E-state index in [4.69, 9.17) is 4.74 Å². The molecule has 2 aromatic heterocycles. The minimum atomic E-state index is -0.0687. The molecule has 1 N–H and O–H groups in total. The summed E-state index contributed by atoms with van der Waals surface area (Å²) in [5, 5.41) is 3.12. The zero-order chi connectivity index (χ0) is 16.2. The first-order chi connectivity index (χ1) is 11.2. The number of carbonyl (C=O) groups excluding carboxylic acids is 1. The number of methoxy groups -OCH3 is 1. The average molecular weight is 332 g/mol. The standard InChI is InChI=1S/C16H20N4O2S/c1-11-9-13(22-2)14(23-11)15(21)19-12-5-3-8-20(10-12)16-17-6-4-7-18-16/h4,6-7,9,12H,3,5,8,10H2,1-2H3,(H,19,21). The maximum absolute atomic E-state index is 12.5. The highest BCUT2D eigenvalue weighted by Gasteiger charge is 2.25. The lowest BCUT2D eigenvalue weighted by Gasteiger charge is -2.33. The average Bonchev–Trinajstić information content (AvgIpc) is 2.97. The molecule has 0 spiro atoms. The van der Waals surface area contributed by atoms with Crippen molar-refractivity contribution in [3.8, 4) is 5.75 Å². The molecule has 0 radical (unpaired) electrons. The summed E-state index contributed by atoms with van der Waals surface area (Å²) < 4.78 is 5.29. The van der Waals surface area contributed by atoms with E-state index in [2.05, 4.69) is 20.2 Å². The number of thiophene rings is 1. The molecule has 7 heteroatoms. The van der Waals surface area contributed by atoms with Gasteiger partial charge in [0.05, 0.1) is 7.11 Å². The molecule has 23 heavy (non-hydrogen) atoms. The minimum absolute atomic E-state index is 0.0687. The molecule has 1 aliphatic heterocycles. The van der Waals surface area contributed by atoms with Gasteiger partial charge in [-0.25, -0.2) is 9.97 Å². The summed E-state index contributed by atoms with van der Waals surface area (Å²) in [6.45, 7) is 3.61. The smallest absolute Gasteiger partial charge is 0.265 e. The number of rotatable bonds is 4. The Kier molecular flexibility index (Phi) is 4.76. The normalized spacial score (nSPS) is 17.8. The molecule has 0 saturated carbocycles. The number of hydrogen-bond acceptors (Lipinski definition) is 6. The monoisotopic (exact) mass is 332 g/mol. The zero-order valence-corrected chi connectivity index (χ0v) is 14.1. The summed E-state index contributed by atoms with van der Waals surface area (Å²) in [6.07, 6.45) is 5.44. The molecule has 1 aliphatic rings. The van der Waals surface area contributed by atoms with Crippen LogP contribution in [0.5, 0.6) is 5.75 Å². The number of hydrogen-bond donors (Lipinski definition) is 1. The van der Waals surface area contributed by atoms with E-state index in [9.17, 15) is 4.79 Å². The molecule has 1 fully saturated rings. The molecule has 3 rings (SSSR count). The molecule has 0 aromatic carbocycles. The van der Waals surface area contributed by atoms with E-state index in [1.165, 1.54) is 11.3 Å². The van der Waals surface area contributed by atoms with Crippen LogP contribution in [-0.2, 0) is 0 Å². The van der Waals surface area contributed by atoms with Crippen molar-refractivity contribution in [2.24, 2.45) is 0 Å². The van der Waals surface area contributed by atoms with Gasteiger partial charge in [0.1, 0.15) is 10.6 Å². The number of nitrogens with zero attached hydrogens (tertiary/aromatic N) is 3. The Morgan fingerprint density at radius 2 is 2.22 bits per heavy atom. The highest BCUT2D eigenvalue weighted by Crippen LogP contribution is 2.28. The van der Waals surface area contributed by atoms with Crippen LogP contribution in [-0.4, -0.2) is 42.1 Å². The topological polar surface area (TPSA) is 67.3 Å². The molecular formula is C16H20N4O2S. The van der Waals surface area contributed by atoms with Crippen molar-refractivity contribution in [1.29, 1.82) is 0 Å². The fourth-order valence-electron chi connectivity index (χ4n) is 2.78. The number of carbonyl (C=O) groups is 1. The maximum atomic E-state index is 12.5. The van der Waals surface area contributed by atoms with Crippen LogP contribution in [0.25, 0.3) is 0 Å². The SMILES string of the molecule is COc1cc(C)sc1C(=O)NC1CCCN(c2ncccn2)C1. The van der Waals surface area contributed by atoms with Gasteiger partial charge in [-0.2, -0.15) is 0 Å². The van der Waals surface area contributed by atoms with Gasteiger partial charge in [0.15, 0.2) is 0 Å². The Morgan fingerprint density at radius 1 is 1.43 bits per heavy atom. The second kappa shape index (κ2) is 6.95. The van der Waals surface area contributed by atoms with Crippen LogP contribution in [0.3, 0.4) is 0 Å². The Labute approximate surface area is 139 Å². The van der Waals surface area contributed by atoms with Gasteiger partial charge in [0, 0.05) is 36.4 Å². The van der Waals surface area contributed by atoms with Gasteiger partial charge in [0.25, 0.3) is 5.91 Å². The number of amides is 1. The second-order valence-electron chi connectivity index (χ2n) is 5.56. The summed E-state index contributed by atoms with van der Waals surface area (Å²) in [5.74, 6) is 1.29. The van der Waals surface area contributed by atoms with E-state index in [1.54, 1.807) is 25.6 Å². The van der Waals surface area contributed by atoms with Crippen molar-refractivity contribution in [1.82, 2.24) is 15.3 Å². The van der Waals surface area contributed by atoms with Crippen molar-refractivity contribution in [3.63, 3.8) is 0 Å². The molecular weight excluding hydrogens is 312 g/mol. The molecule has 1 saturated heterocycles. The largest absolute Gasteiger partial charge is 0.495 e. The first-order valence-corrected chi connectivity index (χ1v) is 8.46. The van der Waals surface area contributed by atoms with Crippen molar-refractivity contribution in [2.45, 2.75) is 25.8 Å². The van der Waals surface area contributed by atoms with Gasteiger partial charge >= 0.3 is 0 Å². The molecule has 1 unspecified atom stereocenters. The predicted molar refractivity (Wildman–Crippen MR) is 90.3 cm³/mol. The lowest BCUT2D eigenvalue weighted by atomic mass is 10.1. The predicted octanol–water partition coefficient (Wildman–Crippen LogP) is 2.25. The van der Waals surface area contributed by atoms with E-state index >= 15 is 0 Å². The summed E-state index contributed by atoms with van der Waals surface area (Å²) >= 11 is 1.46. The maximum Gasteiger partial charge on any atom is 0.265 e. The minimum Gasteiger partial charge on any atom is -0.495 e. The highest BCUT2D eigenvalue weighted by molar-refractivity contribution is 7.14. The summed E-state index contributed by atoms with van der Waals surface area (Å²) in [7, 11) is 1.59. The summed E-state index contributed by atoms with van der Waals surface area (Å²) in [6, 6.07) is 3.79. The van der Waals surface area contributed by atoms with Crippen LogP contribution in [0.1, 0.15) is 27.4 Å². The molecule has 1 amide bonds. The van der Waals surface area contributed by atoms with Crippen molar-refractivity contribution in [2.75, 3.05) is 25.1 Å². The quantitative estimate of drug-likeness (QED) is 0.930. The number of anilines is 1. The first-order valence-electron chi connectivity index (χ1n) is 7.64.